The largest absolute Gasteiger partial charge is 0.303 e. The van der Waals surface area contributed by atoms with E-state index in [0.717, 1.165) is 12.1 Å². The van der Waals surface area contributed by atoms with Crippen LogP contribution in [-0.4, -0.2) is 0 Å². The summed E-state index contributed by atoms with van der Waals surface area (Å²) in [6.07, 6.45) is 1.06. The molecule has 0 saturated heterocycles. The van der Waals surface area contributed by atoms with Crippen molar-refractivity contribution >= 4 is 11.8 Å². The average molecular weight is 134 g/mol. The van der Waals surface area contributed by atoms with Gasteiger partial charge in [0, 0.05) is 17.5 Å². The first-order valence-corrected chi connectivity index (χ1v) is 3.13. The van der Waals surface area contributed by atoms with Gasteiger partial charge >= 0.3 is 0 Å². The zero-order valence-electron chi connectivity index (χ0n) is 5.59. The van der Waals surface area contributed by atoms with Crippen LogP contribution in [0.2, 0.25) is 0 Å². The molecule has 0 bridgehead atoms. The van der Waals surface area contributed by atoms with Crippen LogP contribution in [0.4, 0.5) is 0 Å². The molecule has 0 saturated carbocycles. The Hall–Kier alpha value is -0.170. The van der Waals surface area contributed by atoms with Gasteiger partial charge in [-0.25, -0.2) is 0 Å². The minimum atomic E-state index is 1.06. The lowest BCUT2D eigenvalue weighted by Crippen LogP contribution is -1.96. The highest BCUT2D eigenvalue weighted by Crippen LogP contribution is 2.03. The predicted molar refractivity (Wildman–Crippen MR) is 37.7 cm³/mol. The molecule has 0 aliphatic heterocycles. The Morgan fingerprint density at radius 3 is 2.12 bits per heavy atom. The van der Waals surface area contributed by atoms with Crippen LogP contribution in [0.1, 0.15) is 27.2 Å². The van der Waals surface area contributed by atoms with Crippen LogP contribution in [0.25, 0.3) is 0 Å². The highest BCUT2D eigenvalue weighted by atomic mass is 35.5. The van der Waals surface area contributed by atoms with Gasteiger partial charge in [0.1, 0.15) is 0 Å². The first kappa shape index (κ1) is 7.83. The molecule has 0 aliphatic rings. The Kier molecular flexibility index (Phi) is 3.71. The second-order valence-corrected chi connectivity index (χ2v) is 2.04. The lowest BCUT2D eigenvalue weighted by atomic mass is 10.2. The lowest BCUT2D eigenvalue weighted by molar-refractivity contribution is 1.01. The molecule has 0 radical (unpaired) electrons. The molecule has 2 heteroatoms. The maximum atomic E-state index is 5.32. The van der Waals surface area contributed by atoms with Gasteiger partial charge in [0.2, 0.25) is 0 Å². The molecule has 0 atom stereocenters. The van der Waals surface area contributed by atoms with Gasteiger partial charge in [0.25, 0.3) is 0 Å². The quantitative estimate of drug-likeness (QED) is 0.571. The van der Waals surface area contributed by atoms with Gasteiger partial charge in [-0.15, -0.1) is 0 Å². The third-order valence-electron chi connectivity index (χ3n) is 1.31. The second kappa shape index (κ2) is 3.79. The summed E-state index contributed by atoms with van der Waals surface area (Å²) in [5.41, 5.74) is 2.37. The maximum absolute atomic E-state index is 5.32. The van der Waals surface area contributed by atoms with Crippen LogP contribution in [0.15, 0.2) is 11.3 Å². The summed E-state index contributed by atoms with van der Waals surface area (Å²) in [7, 11) is 0. The number of hydrogen-bond acceptors (Lipinski definition) is 1. The third kappa shape index (κ3) is 2.22. The van der Waals surface area contributed by atoms with Crippen molar-refractivity contribution in [3.8, 4) is 0 Å². The van der Waals surface area contributed by atoms with Crippen molar-refractivity contribution in [3.63, 3.8) is 0 Å². The standard InChI is InChI=1S/C6H12ClN/c1-4-5(2)6(3)8-7/h8H,4H2,1-3H3. The van der Waals surface area contributed by atoms with E-state index < -0.39 is 0 Å². The van der Waals surface area contributed by atoms with Crippen molar-refractivity contribution in [2.45, 2.75) is 27.2 Å². The van der Waals surface area contributed by atoms with E-state index in [2.05, 4.69) is 18.7 Å². The SMILES string of the molecule is CCC(C)=C(C)NCl. The molecule has 0 heterocycles. The van der Waals surface area contributed by atoms with E-state index in [9.17, 15) is 0 Å². The summed E-state index contributed by atoms with van der Waals surface area (Å²) in [5, 5.41) is 0. The van der Waals surface area contributed by atoms with E-state index in [4.69, 9.17) is 11.8 Å². The van der Waals surface area contributed by atoms with Crippen molar-refractivity contribution < 1.29 is 0 Å². The first-order chi connectivity index (χ1) is 3.72. The van der Waals surface area contributed by atoms with Gasteiger partial charge in [-0.05, 0) is 20.3 Å². The van der Waals surface area contributed by atoms with Gasteiger partial charge in [-0.2, -0.15) is 0 Å². The summed E-state index contributed by atoms with van der Waals surface area (Å²) >= 11 is 5.32. The normalized spacial score (nSPS) is 13.0. The predicted octanol–water partition coefficient (Wildman–Crippen LogP) is 2.43. The monoisotopic (exact) mass is 133 g/mol. The van der Waals surface area contributed by atoms with Gasteiger partial charge in [-0.3, -0.25) is 0 Å². The molecule has 0 fully saturated rings. The number of rotatable bonds is 2. The smallest absolute Gasteiger partial charge is 0.0223 e. The second-order valence-electron chi connectivity index (χ2n) is 1.85. The molecule has 8 heavy (non-hydrogen) atoms. The van der Waals surface area contributed by atoms with Crippen LogP contribution < -0.4 is 4.84 Å². The fourth-order valence-electron chi connectivity index (χ4n) is 0.346. The van der Waals surface area contributed by atoms with E-state index >= 15 is 0 Å². The van der Waals surface area contributed by atoms with Gasteiger partial charge in [0.15, 0.2) is 0 Å². The molecule has 0 aromatic heterocycles. The summed E-state index contributed by atoms with van der Waals surface area (Å²) in [5.74, 6) is 0. The molecule has 1 nitrogen and oxygen atoms in total. The third-order valence-corrected chi connectivity index (χ3v) is 1.60. The molecule has 0 aromatic carbocycles. The van der Waals surface area contributed by atoms with E-state index in [1.165, 1.54) is 5.57 Å². The first-order valence-electron chi connectivity index (χ1n) is 2.75. The number of halogens is 1. The zero-order valence-corrected chi connectivity index (χ0v) is 6.34. The minimum absolute atomic E-state index is 1.06. The van der Waals surface area contributed by atoms with E-state index in [0.29, 0.717) is 0 Å². The van der Waals surface area contributed by atoms with E-state index in [1.54, 1.807) is 0 Å². The minimum Gasteiger partial charge on any atom is -0.303 e. The number of hydrogen-bond donors (Lipinski definition) is 1. The highest BCUT2D eigenvalue weighted by Gasteiger charge is 1.88. The summed E-state index contributed by atoms with van der Waals surface area (Å²) in [4.78, 5) is 2.57. The fourth-order valence-corrected chi connectivity index (χ4v) is 0.507. The number of allylic oxidation sites excluding steroid dienone is 2. The average Bonchev–Trinajstić information content (AvgIpc) is 1.84. The Morgan fingerprint density at radius 2 is 2.00 bits per heavy atom. The Labute approximate surface area is 55.8 Å². The molecule has 0 rings (SSSR count). The molecule has 0 spiro atoms. The number of nitrogens with one attached hydrogen (secondary N) is 1. The maximum Gasteiger partial charge on any atom is 0.0223 e. The fraction of sp³-hybridized carbons (Fsp3) is 0.667. The Bertz CT molecular complexity index is 84.7. The molecule has 0 unspecified atom stereocenters. The molecular weight excluding hydrogens is 122 g/mol. The van der Waals surface area contributed by atoms with Gasteiger partial charge in [-0.1, -0.05) is 12.5 Å². The molecule has 0 amide bonds. The van der Waals surface area contributed by atoms with Crippen molar-refractivity contribution in [2.24, 2.45) is 0 Å². The van der Waals surface area contributed by atoms with Crippen LogP contribution >= 0.6 is 11.8 Å². The zero-order chi connectivity index (χ0) is 6.57. The summed E-state index contributed by atoms with van der Waals surface area (Å²) in [6.45, 7) is 6.13. The van der Waals surface area contributed by atoms with Gasteiger partial charge < -0.3 is 4.84 Å². The lowest BCUT2D eigenvalue weighted by Gasteiger charge is -2.00. The topological polar surface area (TPSA) is 12.0 Å². The van der Waals surface area contributed by atoms with E-state index in [1.807, 2.05) is 6.92 Å². The summed E-state index contributed by atoms with van der Waals surface area (Å²) in [6, 6.07) is 0. The van der Waals surface area contributed by atoms with Crippen LogP contribution in [0, 0.1) is 0 Å². The van der Waals surface area contributed by atoms with E-state index in [-0.39, 0.29) is 0 Å². The van der Waals surface area contributed by atoms with Gasteiger partial charge in [0.05, 0.1) is 0 Å². The molecule has 1 N–H and O–H groups in total. The van der Waals surface area contributed by atoms with Crippen LogP contribution in [0.3, 0.4) is 0 Å². The van der Waals surface area contributed by atoms with Crippen molar-refractivity contribution in [1.29, 1.82) is 0 Å². The molecule has 0 aromatic rings. The van der Waals surface area contributed by atoms with Crippen molar-refractivity contribution in [2.75, 3.05) is 0 Å². The highest BCUT2D eigenvalue weighted by molar-refractivity contribution is 6.14. The molecular formula is C6H12ClN. The summed E-state index contributed by atoms with van der Waals surface area (Å²) < 4.78 is 0. The Balaban J connectivity index is 3.83. The van der Waals surface area contributed by atoms with Crippen molar-refractivity contribution in [3.05, 3.63) is 11.3 Å². The molecule has 0 aliphatic carbocycles. The van der Waals surface area contributed by atoms with Crippen LogP contribution in [0.5, 0.6) is 0 Å². The Morgan fingerprint density at radius 1 is 1.50 bits per heavy atom. The van der Waals surface area contributed by atoms with Crippen LogP contribution in [-0.2, 0) is 0 Å². The molecule has 48 valence electrons. The van der Waals surface area contributed by atoms with Crippen molar-refractivity contribution in [1.82, 2.24) is 4.84 Å².